The maximum absolute atomic E-state index is 13.7. The highest BCUT2D eigenvalue weighted by Gasteiger charge is 2.44. The van der Waals surface area contributed by atoms with Crippen molar-refractivity contribution in [1.82, 2.24) is 13.7 Å². The van der Waals surface area contributed by atoms with E-state index in [1.165, 1.54) is 7.05 Å². The summed E-state index contributed by atoms with van der Waals surface area (Å²) < 4.78 is 4.47. The van der Waals surface area contributed by atoms with Gasteiger partial charge in [0.25, 0.3) is 5.56 Å². The van der Waals surface area contributed by atoms with E-state index < -0.39 is 17.2 Å². The highest BCUT2D eigenvalue weighted by atomic mass is 16.2. The molecule has 8 nitrogen and oxygen atoms in total. The average Bonchev–Trinajstić information content (AvgIpc) is 3.12. The number of carbonyl (C=O) groups excluding carboxylic acids is 1. The van der Waals surface area contributed by atoms with Crippen molar-refractivity contribution in [2.75, 3.05) is 5.32 Å². The normalized spacial score (nSPS) is 18.3. The molecular weight excluding hydrogens is 454 g/mol. The van der Waals surface area contributed by atoms with Crippen LogP contribution in [0, 0.1) is 23.7 Å². The number of Topliss-reactive ketones (excluding diaryl/α,β-unsaturated/α-hetero) is 1. The molecule has 1 aliphatic heterocycles. The molecule has 0 saturated carbocycles. The van der Waals surface area contributed by atoms with E-state index in [9.17, 15) is 19.6 Å². The van der Waals surface area contributed by atoms with Gasteiger partial charge in [0.05, 0.1) is 18.0 Å². The van der Waals surface area contributed by atoms with Gasteiger partial charge in [0, 0.05) is 37.5 Å². The van der Waals surface area contributed by atoms with Crippen LogP contribution in [0.15, 0.2) is 57.3 Å². The van der Waals surface area contributed by atoms with Gasteiger partial charge in [0.15, 0.2) is 5.78 Å². The standard InChI is InChI=1S/C28H29N5O3/c1-16-19(11-18(14-29)31(16)4)22-23-20(12-28(2,3)13-21(23)34)30-25-24(22)26(35)32(5)27(36)33(25)15-17-9-7-6-8-10-17/h6-11,22,30H,12-13,15H2,1-5H3/t22-/m1/s1. The minimum absolute atomic E-state index is 0.0194. The van der Waals surface area contributed by atoms with E-state index in [0.717, 1.165) is 27.1 Å². The van der Waals surface area contributed by atoms with Gasteiger partial charge in [0.2, 0.25) is 0 Å². The van der Waals surface area contributed by atoms with Gasteiger partial charge in [-0.05, 0) is 36.0 Å². The Balaban J connectivity index is 1.85. The molecule has 2 aliphatic rings. The highest BCUT2D eigenvalue weighted by molar-refractivity contribution is 6.01. The smallest absolute Gasteiger partial charge is 0.332 e. The third-order valence-corrected chi connectivity index (χ3v) is 7.53. The molecule has 1 aromatic carbocycles. The van der Waals surface area contributed by atoms with Gasteiger partial charge in [-0.25, -0.2) is 4.79 Å². The second-order valence-corrected chi connectivity index (χ2v) is 10.6. The summed E-state index contributed by atoms with van der Waals surface area (Å²) in [4.78, 5) is 40.7. The minimum atomic E-state index is -0.672. The summed E-state index contributed by atoms with van der Waals surface area (Å²) in [6.45, 7) is 6.25. The molecule has 8 heteroatoms. The number of nitrogens with one attached hydrogen (secondary N) is 1. The fraction of sp³-hybridized carbons (Fsp3) is 0.357. The topological polar surface area (TPSA) is 102 Å². The Morgan fingerprint density at radius 2 is 1.78 bits per heavy atom. The molecular formula is C28H29N5O3. The molecule has 0 spiro atoms. The first-order valence-electron chi connectivity index (χ1n) is 12.0. The first-order valence-corrected chi connectivity index (χ1v) is 12.0. The van der Waals surface area contributed by atoms with Crippen LogP contribution < -0.4 is 16.6 Å². The number of anilines is 1. The van der Waals surface area contributed by atoms with Gasteiger partial charge < -0.3 is 9.88 Å². The summed E-state index contributed by atoms with van der Waals surface area (Å²) in [5.41, 5.74) is 3.42. The summed E-state index contributed by atoms with van der Waals surface area (Å²) in [6, 6.07) is 13.6. The quantitative estimate of drug-likeness (QED) is 0.616. The Morgan fingerprint density at radius 1 is 1.08 bits per heavy atom. The van der Waals surface area contributed by atoms with Crippen molar-refractivity contribution in [3.63, 3.8) is 0 Å². The molecule has 36 heavy (non-hydrogen) atoms. The molecule has 0 fully saturated rings. The van der Waals surface area contributed by atoms with Crippen molar-refractivity contribution < 1.29 is 4.79 Å². The van der Waals surface area contributed by atoms with Crippen LogP contribution in [0.3, 0.4) is 0 Å². The number of nitriles is 1. The lowest BCUT2D eigenvalue weighted by Crippen LogP contribution is -2.45. The Morgan fingerprint density at radius 3 is 2.42 bits per heavy atom. The molecule has 1 N–H and O–H groups in total. The zero-order valence-electron chi connectivity index (χ0n) is 21.2. The second-order valence-electron chi connectivity index (χ2n) is 10.6. The Kier molecular flexibility index (Phi) is 5.40. The van der Waals surface area contributed by atoms with Crippen LogP contribution in [0.5, 0.6) is 0 Å². The molecule has 1 aliphatic carbocycles. The van der Waals surface area contributed by atoms with E-state index in [4.69, 9.17) is 0 Å². The van der Waals surface area contributed by atoms with Gasteiger partial charge in [-0.15, -0.1) is 0 Å². The monoisotopic (exact) mass is 483 g/mol. The molecule has 1 atom stereocenters. The zero-order chi connectivity index (χ0) is 25.9. The molecule has 3 heterocycles. The summed E-state index contributed by atoms with van der Waals surface area (Å²) in [7, 11) is 3.27. The molecule has 0 amide bonds. The van der Waals surface area contributed by atoms with E-state index in [1.54, 1.807) is 22.2 Å². The van der Waals surface area contributed by atoms with Gasteiger partial charge in [-0.1, -0.05) is 44.2 Å². The van der Waals surface area contributed by atoms with Crippen molar-refractivity contribution >= 4 is 11.6 Å². The van der Waals surface area contributed by atoms with E-state index >= 15 is 0 Å². The number of nitrogens with zero attached hydrogens (tertiary/aromatic N) is 4. The number of aromatic nitrogens is 3. The fourth-order valence-corrected chi connectivity index (χ4v) is 5.60. The highest BCUT2D eigenvalue weighted by Crippen LogP contribution is 2.48. The third-order valence-electron chi connectivity index (χ3n) is 7.53. The molecule has 5 rings (SSSR count). The van der Waals surface area contributed by atoms with Crippen molar-refractivity contribution in [3.8, 4) is 6.07 Å². The molecule has 0 bridgehead atoms. The molecule has 3 aromatic rings. The van der Waals surface area contributed by atoms with Gasteiger partial charge in [-0.2, -0.15) is 5.26 Å². The largest absolute Gasteiger partial charge is 0.344 e. The number of ketones is 1. The van der Waals surface area contributed by atoms with Crippen LogP contribution in [-0.2, 0) is 25.4 Å². The predicted octanol–water partition coefficient (Wildman–Crippen LogP) is 3.31. The van der Waals surface area contributed by atoms with Crippen molar-refractivity contribution in [1.29, 1.82) is 5.26 Å². The van der Waals surface area contributed by atoms with Crippen LogP contribution in [0.25, 0.3) is 0 Å². The predicted molar refractivity (Wildman–Crippen MR) is 137 cm³/mol. The van der Waals surface area contributed by atoms with E-state index in [1.807, 2.05) is 51.1 Å². The van der Waals surface area contributed by atoms with E-state index in [2.05, 4.69) is 11.4 Å². The SMILES string of the molecule is Cc1c([C@@H]2C3=C(CC(C)(C)CC3=O)Nc3c2c(=O)n(C)c(=O)n3Cc2ccccc2)cc(C#N)n1C. The summed E-state index contributed by atoms with van der Waals surface area (Å²) in [5.74, 6) is -0.272. The molecule has 184 valence electrons. The average molecular weight is 484 g/mol. The lowest BCUT2D eigenvalue weighted by Gasteiger charge is -2.39. The molecule has 0 radical (unpaired) electrons. The Labute approximate surface area is 209 Å². The molecule has 0 saturated heterocycles. The van der Waals surface area contributed by atoms with Crippen molar-refractivity contribution in [2.45, 2.75) is 46.1 Å². The summed E-state index contributed by atoms with van der Waals surface area (Å²) in [5, 5.41) is 13.0. The van der Waals surface area contributed by atoms with Gasteiger partial charge >= 0.3 is 5.69 Å². The number of fused-ring (bicyclic) bond motifs is 1. The third kappa shape index (κ3) is 3.54. The Hall–Kier alpha value is -4.12. The van der Waals surface area contributed by atoms with Gasteiger partial charge in [0.1, 0.15) is 17.6 Å². The number of rotatable bonds is 3. The van der Waals surface area contributed by atoms with Crippen LogP contribution in [0.2, 0.25) is 0 Å². The lowest BCUT2D eigenvalue weighted by molar-refractivity contribution is -0.118. The summed E-state index contributed by atoms with van der Waals surface area (Å²) in [6.07, 6.45) is 0.968. The maximum Gasteiger partial charge on any atom is 0.332 e. The van der Waals surface area contributed by atoms with Crippen molar-refractivity contribution in [3.05, 3.63) is 96.6 Å². The zero-order valence-corrected chi connectivity index (χ0v) is 21.2. The number of allylic oxidation sites excluding steroid dienone is 2. The van der Waals surface area contributed by atoms with Crippen LogP contribution in [0.4, 0.5) is 5.82 Å². The van der Waals surface area contributed by atoms with E-state index in [0.29, 0.717) is 35.5 Å². The first kappa shape index (κ1) is 23.6. The summed E-state index contributed by atoms with van der Waals surface area (Å²) >= 11 is 0. The van der Waals surface area contributed by atoms with Gasteiger partial charge in [-0.3, -0.25) is 18.7 Å². The minimum Gasteiger partial charge on any atom is -0.344 e. The molecule has 2 aromatic heterocycles. The van der Waals surface area contributed by atoms with Crippen LogP contribution in [0.1, 0.15) is 60.7 Å². The number of benzene rings is 1. The Bertz CT molecular complexity index is 1610. The number of hydrogen-bond acceptors (Lipinski definition) is 5. The van der Waals surface area contributed by atoms with Crippen LogP contribution in [-0.4, -0.2) is 19.5 Å². The fourth-order valence-electron chi connectivity index (χ4n) is 5.60. The second kappa shape index (κ2) is 8.23. The first-order chi connectivity index (χ1) is 17.0. The number of hydrogen-bond donors (Lipinski definition) is 1. The maximum atomic E-state index is 13.7. The lowest BCUT2D eigenvalue weighted by atomic mass is 9.69. The number of carbonyl (C=O) groups is 1. The van der Waals surface area contributed by atoms with E-state index in [-0.39, 0.29) is 17.7 Å². The molecule has 0 unspecified atom stereocenters. The van der Waals surface area contributed by atoms with Crippen molar-refractivity contribution in [2.24, 2.45) is 19.5 Å². The van der Waals surface area contributed by atoms with Crippen LogP contribution >= 0.6 is 0 Å².